The molecule has 0 aliphatic heterocycles. The Balaban J connectivity index is -0.000000200. The van der Waals surface area contributed by atoms with Crippen LogP contribution in [0.3, 0.4) is 0 Å². The van der Waals surface area contributed by atoms with Crippen molar-refractivity contribution in [2.24, 2.45) is 11.8 Å². The number of hydrogen-bond donors (Lipinski definition) is 0. The molecule has 18 heavy (non-hydrogen) atoms. The van der Waals surface area contributed by atoms with E-state index >= 15 is 0 Å². The average molecular weight is 262 g/mol. The highest BCUT2D eigenvalue weighted by atomic mass is 16.0. The number of rotatable bonds is 0. The molecule has 0 amide bonds. The van der Waals surface area contributed by atoms with Crippen molar-refractivity contribution in [3.8, 4) is 0 Å². The Labute approximate surface area is 115 Å². The molecule has 4 N–H and O–H groups in total. The SMILES string of the molecule is CC.CC1CCCCC1.CC1CCCCC1.O.O. The lowest BCUT2D eigenvalue weighted by Crippen LogP contribution is -1.99. The monoisotopic (exact) mass is 262 g/mol. The maximum Gasteiger partial charge on any atom is -0.0443 e. The van der Waals surface area contributed by atoms with Gasteiger partial charge in [-0.2, -0.15) is 0 Å². The van der Waals surface area contributed by atoms with Crippen molar-refractivity contribution in [3.63, 3.8) is 0 Å². The zero-order chi connectivity index (χ0) is 12.2. The summed E-state index contributed by atoms with van der Waals surface area (Å²) < 4.78 is 0. The molecule has 0 aromatic heterocycles. The highest BCUT2D eigenvalue weighted by Crippen LogP contribution is 2.22. The van der Waals surface area contributed by atoms with Crippen LogP contribution in [0.25, 0.3) is 0 Å². The van der Waals surface area contributed by atoms with Crippen LogP contribution in [0.1, 0.15) is 91.9 Å². The van der Waals surface area contributed by atoms with E-state index in [1.807, 2.05) is 13.8 Å². The summed E-state index contributed by atoms with van der Waals surface area (Å²) in [6.45, 7) is 8.72. The molecule has 0 unspecified atom stereocenters. The molecule has 0 atom stereocenters. The highest BCUT2D eigenvalue weighted by molar-refractivity contribution is 4.60. The van der Waals surface area contributed by atoms with Gasteiger partial charge in [0.15, 0.2) is 0 Å². The molecule has 2 aliphatic carbocycles. The van der Waals surface area contributed by atoms with Crippen LogP contribution in [0.4, 0.5) is 0 Å². The molecular formula is C16H38O2. The minimum atomic E-state index is 0. The minimum absolute atomic E-state index is 0. The van der Waals surface area contributed by atoms with Gasteiger partial charge in [-0.3, -0.25) is 0 Å². The van der Waals surface area contributed by atoms with Gasteiger partial charge in [0.2, 0.25) is 0 Å². The molecule has 0 saturated heterocycles. The Morgan fingerprint density at radius 2 is 0.722 bits per heavy atom. The summed E-state index contributed by atoms with van der Waals surface area (Å²) in [7, 11) is 0. The van der Waals surface area contributed by atoms with Gasteiger partial charge in [-0.25, -0.2) is 0 Å². The van der Waals surface area contributed by atoms with Crippen molar-refractivity contribution < 1.29 is 11.0 Å². The quantitative estimate of drug-likeness (QED) is 0.615. The lowest BCUT2D eigenvalue weighted by molar-refractivity contribution is 0.385. The summed E-state index contributed by atoms with van der Waals surface area (Å²) in [5, 5.41) is 0. The van der Waals surface area contributed by atoms with E-state index in [1.54, 1.807) is 0 Å². The Bertz CT molecular complexity index is 109. The molecule has 0 bridgehead atoms. The standard InChI is InChI=1S/2C7H14.C2H6.2H2O/c2*1-7-5-3-2-4-6-7;1-2;;/h2*7H,2-6H2,1H3;1-2H3;2*1H2. The summed E-state index contributed by atoms with van der Waals surface area (Å²) in [4.78, 5) is 0. The summed E-state index contributed by atoms with van der Waals surface area (Å²) in [6.07, 6.45) is 14.9. The minimum Gasteiger partial charge on any atom is -0.412 e. The first-order valence-corrected chi connectivity index (χ1v) is 7.79. The van der Waals surface area contributed by atoms with Crippen LogP contribution in [-0.2, 0) is 0 Å². The van der Waals surface area contributed by atoms with E-state index in [4.69, 9.17) is 0 Å². The van der Waals surface area contributed by atoms with Crippen molar-refractivity contribution in [1.29, 1.82) is 0 Å². The van der Waals surface area contributed by atoms with Crippen LogP contribution < -0.4 is 0 Å². The van der Waals surface area contributed by atoms with Crippen LogP contribution in [0.15, 0.2) is 0 Å². The highest BCUT2D eigenvalue weighted by Gasteiger charge is 2.06. The molecule has 2 heteroatoms. The molecule has 0 radical (unpaired) electrons. The molecule has 0 heterocycles. The van der Waals surface area contributed by atoms with Gasteiger partial charge in [-0.05, 0) is 11.8 Å². The average Bonchev–Trinajstić information content (AvgIpc) is 2.34. The van der Waals surface area contributed by atoms with Crippen molar-refractivity contribution in [1.82, 2.24) is 0 Å². The predicted octanol–water partition coefficient (Wildman–Crippen LogP) is 4.55. The van der Waals surface area contributed by atoms with E-state index in [9.17, 15) is 0 Å². The molecule has 2 aliphatic rings. The summed E-state index contributed by atoms with van der Waals surface area (Å²) >= 11 is 0. The van der Waals surface area contributed by atoms with Crippen LogP contribution in [0.5, 0.6) is 0 Å². The first-order chi connectivity index (χ1) is 7.79. The largest absolute Gasteiger partial charge is 0.412 e. The third-order valence-electron chi connectivity index (χ3n) is 3.79. The smallest absolute Gasteiger partial charge is 0.0443 e. The van der Waals surface area contributed by atoms with Crippen LogP contribution in [-0.4, -0.2) is 11.0 Å². The van der Waals surface area contributed by atoms with Crippen molar-refractivity contribution in [2.75, 3.05) is 0 Å². The predicted molar refractivity (Wildman–Crippen MR) is 83.1 cm³/mol. The van der Waals surface area contributed by atoms with Crippen LogP contribution >= 0.6 is 0 Å². The van der Waals surface area contributed by atoms with Gasteiger partial charge in [0.1, 0.15) is 0 Å². The maximum atomic E-state index is 2.36. The zero-order valence-electron chi connectivity index (χ0n) is 13.2. The summed E-state index contributed by atoms with van der Waals surface area (Å²) in [5.41, 5.74) is 0. The lowest BCUT2D eigenvalue weighted by atomic mass is 9.91. The van der Waals surface area contributed by atoms with Gasteiger partial charge in [-0.15, -0.1) is 0 Å². The second-order valence-corrected chi connectivity index (χ2v) is 5.49. The maximum absolute atomic E-state index is 2.36. The molecule has 2 nitrogen and oxygen atoms in total. The topological polar surface area (TPSA) is 63.0 Å². The van der Waals surface area contributed by atoms with Crippen LogP contribution in [0, 0.1) is 11.8 Å². The molecule has 0 aromatic carbocycles. The van der Waals surface area contributed by atoms with E-state index in [0.717, 1.165) is 11.8 Å². The van der Waals surface area contributed by atoms with E-state index in [0.29, 0.717) is 0 Å². The van der Waals surface area contributed by atoms with Gasteiger partial charge in [-0.1, -0.05) is 91.9 Å². The number of hydrogen-bond acceptors (Lipinski definition) is 0. The van der Waals surface area contributed by atoms with Gasteiger partial charge in [0, 0.05) is 0 Å². The van der Waals surface area contributed by atoms with E-state index in [2.05, 4.69) is 13.8 Å². The third kappa shape index (κ3) is 14.0. The molecular weight excluding hydrogens is 224 g/mol. The molecule has 0 aromatic rings. The molecule has 0 spiro atoms. The fourth-order valence-corrected chi connectivity index (χ4v) is 2.61. The van der Waals surface area contributed by atoms with E-state index in [-0.39, 0.29) is 11.0 Å². The Kier molecular flexibility index (Phi) is 21.7. The van der Waals surface area contributed by atoms with Crippen LogP contribution in [0.2, 0.25) is 0 Å². The Hall–Kier alpha value is -0.0800. The van der Waals surface area contributed by atoms with E-state index < -0.39 is 0 Å². The molecule has 2 rings (SSSR count). The molecule has 2 fully saturated rings. The summed E-state index contributed by atoms with van der Waals surface area (Å²) in [6, 6.07) is 0. The fraction of sp³-hybridized carbons (Fsp3) is 1.00. The normalized spacial score (nSPS) is 20.0. The molecule has 2 saturated carbocycles. The first-order valence-electron chi connectivity index (χ1n) is 7.79. The Morgan fingerprint density at radius 3 is 0.833 bits per heavy atom. The first kappa shape index (κ1) is 23.0. The summed E-state index contributed by atoms with van der Waals surface area (Å²) in [5.74, 6) is 2.07. The van der Waals surface area contributed by atoms with Crippen molar-refractivity contribution in [3.05, 3.63) is 0 Å². The van der Waals surface area contributed by atoms with Crippen molar-refractivity contribution in [2.45, 2.75) is 91.9 Å². The molecule has 114 valence electrons. The fourth-order valence-electron chi connectivity index (χ4n) is 2.61. The van der Waals surface area contributed by atoms with Gasteiger partial charge in [0.25, 0.3) is 0 Å². The van der Waals surface area contributed by atoms with Gasteiger partial charge < -0.3 is 11.0 Å². The van der Waals surface area contributed by atoms with Gasteiger partial charge in [0.05, 0.1) is 0 Å². The third-order valence-corrected chi connectivity index (χ3v) is 3.79. The van der Waals surface area contributed by atoms with E-state index in [1.165, 1.54) is 64.2 Å². The zero-order valence-corrected chi connectivity index (χ0v) is 13.2. The Morgan fingerprint density at radius 1 is 0.500 bits per heavy atom. The van der Waals surface area contributed by atoms with Gasteiger partial charge >= 0.3 is 0 Å². The van der Waals surface area contributed by atoms with Crippen molar-refractivity contribution >= 4 is 0 Å². The second-order valence-electron chi connectivity index (χ2n) is 5.49. The lowest BCUT2D eigenvalue weighted by Gasteiger charge is -2.15. The second kappa shape index (κ2) is 16.9.